The standard InChI is InChI=1S/C16H13OP/c1-2-4-8-14-12-11-13(7-3-1)17-15-9-5-6-10-16(15)18-14/h1-12,18H. The summed E-state index contributed by atoms with van der Waals surface area (Å²) in [6, 6.07) is 24.6. The molecule has 0 saturated heterocycles. The molecule has 0 radical (unpaired) electrons. The Hall–Kier alpha value is -1.98. The lowest BCUT2D eigenvalue weighted by Crippen LogP contribution is -1.66. The first kappa shape index (κ1) is 11.1. The Morgan fingerprint density at radius 1 is 0.667 bits per heavy atom. The van der Waals surface area contributed by atoms with Crippen LogP contribution in [0.15, 0.2) is 77.2 Å². The molecule has 1 heterocycles. The first-order valence-corrected chi connectivity index (χ1v) is 6.89. The van der Waals surface area contributed by atoms with E-state index in [1.54, 1.807) is 0 Å². The molecule has 3 rings (SSSR count). The van der Waals surface area contributed by atoms with Gasteiger partial charge in [-0.2, -0.15) is 0 Å². The molecule has 0 aliphatic carbocycles. The summed E-state index contributed by atoms with van der Waals surface area (Å²) >= 11 is 0. The molecule has 0 fully saturated rings. The van der Waals surface area contributed by atoms with E-state index in [9.17, 15) is 0 Å². The van der Waals surface area contributed by atoms with Crippen LogP contribution in [0.4, 0.5) is 0 Å². The van der Waals surface area contributed by atoms with Crippen LogP contribution in [0.2, 0.25) is 0 Å². The number of para-hydroxylation sites is 1. The fourth-order valence-corrected chi connectivity index (χ4v) is 2.91. The SMILES string of the molecule is c1cccc2ccc(cc1)oc1ccccc1[pH]2. The maximum atomic E-state index is 5.93. The number of fused-ring (bicyclic) bond motifs is 4. The topological polar surface area (TPSA) is 13.1 Å². The van der Waals surface area contributed by atoms with Gasteiger partial charge in [0, 0.05) is 5.12 Å². The minimum atomic E-state index is 0.624. The summed E-state index contributed by atoms with van der Waals surface area (Å²) in [7, 11) is 0.624. The van der Waals surface area contributed by atoms with E-state index in [0.717, 1.165) is 11.2 Å². The van der Waals surface area contributed by atoms with Gasteiger partial charge in [-0.05, 0) is 35.4 Å². The monoisotopic (exact) mass is 252 g/mol. The third-order valence-corrected chi connectivity index (χ3v) is 4.00. The maximum absolute atomic E-state index is 5.93. The molecular formula is C16H13OP. The van der Waals surface area contributed by atoms with Gasteiger partial charge in [0.25, 0.3) is 0 Å². The zero-order valence-electron chi connectivity index (χ0n) is 9.84. The molecule has 1 nitrogen and oxygen atoms in total. The second-order valence-corrected chi connectivity index (χ2v) is 5.38. The number of hydrogen-bond acceptors (Lipinski definition) is 1. The van der Waals surface area contributed by atoms with Crippen LogP contribution in [0, 0.1) is 0 Å². The quantitative estimate of drug-likeness (QED) is 0.529. The average Bonchev–Trinajstić information content (AvgIpc) is 2.37. The van der Waals surface area contributed by atoms with Gasteiger partial charge in [0.05, 0.1) is 0 Å². The summed E-state index contributed by atoms with van der Waals surface area (Å²) in [5, 5.41) is 2.56. The van der Waals surface area contributed by atoms with Crippen molar-refractivity contribution in [3.05, 3.63) is 72.8 Å². The van der Waals surface area contributed by atoms with E-state index in [0.29, 0.717) is 8.19 Å². The van der Waals surface area contributed by atoms with Gasteiger partial charge in [0.15, 0.2) is 0 Å². The largest absolute Gasteiger partial charge is 0.456 e. The number of hydrogen-bond donors (Lipinski definition) is 0. The Kier molecular flexibility index (Phi) is 3.16. The molecule has 0 amide bonds. The van der Waals surface area contributed by atoms with E-state index >= 15 is 0 Å². The fraction of sp³-hybridized carbons (Fsp3) is 0. The second-order valence-electron chi connectivity index (χ2n) is 4.02. The Balaban J connectivity index is 2.55. The van der Waals surface area contributed by atoms with E-state index in [4.69, 9.17) is 4.42 Å². The van der Waals surface area contributed by atoms with E-state index in [-0.39, 0.29) is 0 Å². The lowest BCUT2D eigenvalue weighted by atomic mass is 10.3. The number of benzene rings is 1. The molecule has 1 aromatic heterocycles. The Bertz CT molecular complexity index is 687. The van der Waals surface area contributed by atoms with Gasteiger partial charge in [-0.25, -0.2) is 0 Å². The fourth-order valence-electron chi connectivity index (χ4n) is 1.81. The summed E-state index contributed by atoms with van der Waals surface area (Å²) < 4.78 is 5.93. The lowest BCUT2D eigenvalue weighted by Gasteiger charge is -1.95. The average molecular weight is 252 g/mol. The van der Waals surface area contributed by atoms with Gasteiger partial charge in [-0.1, -0.05) is 42.5 Å². The van der Waals surface area contributed by atoms with Gasteiger partial charge in [-0.3, -0.25) is 0 Å². The van der Waals surface area contributed by atoms with Crippen molar-refractivity contribution in [1.29, 1.82) is 0 Å². The molecule has 1 unspecified atom stereocenters. The highest BCUT2D eigenvalue weighted by Crippen LogP contribution is 2.25. The van der Waals surface area contributed by atoms with E-state index in [1.165, 1.54) is 10.2 Å². The van der Waals surface area contributed by atoms with Gasteiger partial charge < -0.3 is 4.42 Å². The van der Waals surface area contributed by atoms with Crippen LogP contribution in [-0.2, 0) is 0 Å². The molecule has 18 heavy (non-hydrogen) atoms. The van der Waals surface area contributed by atoms with Crippen molar-refractivity contribution in [2.45, 2.75) is 0 Å². The predicted octanol–water partition coefficient (Wildman–Crippen LogP) is 5.30. The van der Waals surface area contributed by atoms with Gasteiger partial charge in [-0.15, -0.1) is 8.19 Å². The lowest BCUT2D eigenvalue weighted by molar-refractivity contribution is 0.660. The summed E-state index contributed by atoms with van der Waals surface area (Å²) in [6.45, 7) is 0. The smallest absolute Gasteiger partial charge is 0.138 e. The third-order valence-electron chi connectivity index (χ3n) is 2.69. The first-order valence-electron chi connectivity index (χ1n) is 5.89. The number of rotatable bonds is 0. The van der Waals surface area contributed by atoms with Crippen molar-refractivity contribution < 1.29 is 4.42 Å². The predicted molar refractivity (Wildman–Crippen MR) is 79.7 cm³/mol. The summed E-state index contributed by atoms with van der Waals surface area (Å²) in [4.78, 5) is 0. The second kappa shape index (κ2) is 5.12. The van der Waals surface area contributed by atoms with Crippen LogP contribution in [0.1, 0.15) is 0 Å². The molecule has 2 heteroatoms. The molecule has 3 aromatic rings. The molecule has 2 bridgehead atoms. The van der Waals surface area contributed by atoms with Crippen LogP contribution < -0.4 is 0 Å². The van der Waals surface area contributed by atoms with Crippen molar-refractivity contribution in [3.63, 3.8) is 0 Å². The van der Waals surface area contributed by atoms with E-state index in [1.807, 2.05) is 42.5 Å². The van der Waals surface area contributed by atoms with E-state index in [2.05, 4.69) is 30.3 Å². The zero-order valence-corrected chi connectivity index (χ0v) is 10.8. The molecule has 1 atom stereocenters. The van der Waals surface area contributed by atoms with Crippen LogP contribution in [0.25, 0.3) is 21.4 Å². The van der Waals surface area contributed by atoms with Crippen LogP contribution in [0.3, 0.4) is 0 Å². The van der Waals surface area contributed by atoms with Gasteiger partial charge in [0.1, 0.15) is 11.2 Å². The molecule has 0 N–H and O–H groups in total. The van der Waals surface area contributed by atoms with Crippen LogP contribution in [-0.4, -0.2) is 0 Å². The summed E-state index contributed by atoms with van der Waals surface area (Å²) in [5.74, 6) is 0. The minimum absolute atomic E-state index is 0.624. The van der Waals surface area contributed by atoms with Gasteiger partial charge >= 0.3 is 0 Å². The summed E-state index contributed by atoms with van der Waals surface area (Å²) in [5.41, 5.74) is 1.82. The minimum Gasteiger partial charge on any atom is -0.456 e. The van der Waals surface area contributed by atoms with Gasteiger partial charge in [0.2, 0.25) is 0 Å². The molecular weight excluding hydrogens is 239 g/mol. The van der Waals surface area contributed by atoms with Crippen LogP contribution in [0.5, 0.6) is 0 Å². The van der Waals surface area contributed by atoms with Crippen molar-refractivity contribution >= 4 is 29.6 Å². The zero-order chi connectivity index (χ0) is 12.2. The molecule has 88 valence electrons. The molecule has 0 spiro atoms. The molecule has 2 aromatic carbocycles. The van der Waals surface area contributed by atoms with Crippen molar-refractivity contribution in [2.75, 3.05) is 0 Å². The highest BCUT2D eigenvalue weighted by Gasteiger charge is 1.91. The Labute approximate surface area is 107 Å². The summed E-state index contributed by atoms with van der Waals surface area (Å²) in [6.07, 6.45) is 0. The van der Waals surface area contributed by atoms with Crippen LogP contribution >= 0.6 is 8.19 Å². The third kappa shape index (κ3) is 2.47. The highest BCUT2D eigenvalue weighted by molar-refractivity contribution is 7.42. The van der Waals surface area contributed by atoms with E-state index < -0.39 is 0 Å². The van der Waals surface area contributed by atoms with Crippen molar-refractivity contribution in [2.24, 2.45) is 0 Å². The maximum Gasteiger partial charge on any atom is 0.138 e. The Morgan fingerprint density at radius 3 is 2.39 bits per heavy atom. The Morgan fingerprint density at radius 2 is 1.44 bits per heavy atom. The highest BCUT2D eigenvalue weighted by atomic mass is 31.0. The first-order chi connectivity index (χ1) is 8.92. The normalized spacial score (nSPS) is 10.7. The van der Waals surface area contributed by atoms with Crippen molar-refractivity contribution in [3.8, 4) is 0 Å². The molecule has 0 saturated carbocycles. The van der Waals surface area contributed by atoms with Crippen molar-refractivity contribution in [1.82, 2.24) is 0 Å². The molecule has 0 aliphatic heterocycles. The molecule has 0 aliphatic rings.